The van der Waals surface area contributed by atoms with Crippen LogP contribution >= 0.6 is 15.9 Å². The van der Waals surface area contributed by atoms with Crippen LogP contribution in [0.15, 0.2) is 22.7 Å². The number of piperidine rings is 1. The Morgan fingerprint density at radius 2 is 2.35 bits per heavy atom. The van der Waals surface area contributed by atoms with Crippen molar-refractivity contribution >= 4 is 21.6 Å². The second-order valence-corrected chi connectivity index (χ2v) is 5.39. The van der Waals surface area contributed by atoms with Gasteiger partial charge < -0.3 is 15.4 Å². The van der Waals surface area contributed by atoms with Crippen LogP contribution in [0.25, 0.3) is 0 Å². The second kappa shape index (κ2) is 6.26. The summed E-state index contributed by atoms with van der Waals surface area (Å²) in [6.45, 7) is 3.31. The van der Waals surface area contributed by atoms with Gasteiger partial charge in [0.15, 0.2) is 0 Å². The van der Waals surface area contributed by atoms with Crippen LogP contribution in [-0.4, -0.2) is 26.7 Å². The zero-order chi connectivity index (χ0) is 12.1. The van der Waals surface area contributed by atoms with E-state index >= 15 is 0 Å². The van der Waals surface area contributed by atoms with E-state index < -0.39 is 0 Å². The molecule has 1 heterocycles. The third-order valence-corrected chi connectivity index (χ3v) is 3.56. The first-order valence-electron chi connectivity index (χ1n) is 6.07. The number of halogens is 1. The highest BCUT2D eigenvalue weighted by Crippen LogP contribution is 2.24. The molecule has 1 fully saturated rings. The number of methoxy groups -OCH3 is 1. The molecule has 0 spiro atoms. The van der Waals surface area contributed by atoms with Gasteiger partial charge in [0.05, 0.1) is 7.11 Å². The topological polar surface area (TPSA) is 33.3 Å². The number of hydrogen-bond acceptors (Lipinski definition) is 3. The highest BCUT2D eigenvalue weighted by molar-refractivity contribution is 9.10. The Balaban J connectivity index is 1.91. The molecule has 3 nitrogen and oxygen atoms in total. The molecule has 1 aromatic carbocycles. The third-order valence-electron chi connectivity index (χ3n) is 3.10. The molecule has 1 atom stereocenters. The van der Waals surface area contributed by atoms with Crippen LogP contribution in [0, 0.1) is 5.92 Å². The summed E-state index contributed by atoms with van der Waals surface area (Å²) in [5.41, 5.74) is 1.11. The average Bonchev–Trinajstić information content (AvgIpc) is 2.37. The molecule has 0 aromatic heterocycles. The van der Waals surface area contributed by atoms with E-state index in [1.165, 1.54) is 19.4 Å². The quantitative estimate of drug-likeness (QED) is 0.897. The zero-order valence-electron chi connectivity index (χ0n) is 10.1. The zero-order valence-corrected chi connectivity index (χ0v) is 11.7. The van der Waals surface area contributed by atoms with Gasteiger partial charge in [-0.2, -0.15) is 0 Å². The Kier molecular flexibility index (Phi) is 4.68. The Labute approximate surface area is 111 Å². The lowest BCUT2D eigenvalue weighted by Crippen LogP contribution is -2.33. The summed E-state index contributed by atoms with van der Waals surface area (Å²) >= 11 is 3.49. The largest absolute Gasteiger partial charge is 0.497 e. The van der Waals surface area contributed by atoms with Gasteiger partial charge in [0.1, 0.15) is 5.75 Å². The van der Waals surface area contributed by atoms with E-state index in [0.29, 0.717) is 0 Å². The molecule has 0 aliphatic carbocycles. The summed E-state index contributed by atoms with van der Waals surface area (Å²) in [5, 5.41) is 6.91. The van der Waals surface area contributed by atoms with Gasteiger partial charge in [-0.25, -0.2) is 0 Å². The van der Waals surface area contributed by atoms with Gasteiger partial charge in [-0.1, -0.05) is 15.9 Å². The van der Waals surface area contributed by atoms with E-state index in [4.69, 9.17) is 4.74 Å². The fourth-order valence-corrected chi connectivity index (χ4v) is 2.62. The summed E-state index contributed by atoms with van der Waals surface area (Å²) in [5.74, 6) is 1.61. The molecular weight excluding hydrogens is 280 g/mol. The molecular formula is C13H19BrN2O. The molecule has 94 valence electrons. The molecule has 1 unspecified atom stereocenters. The third kappa shape index (κ3) is 3.89. The normalized spacial score (nSPS) is 20.0. The maximum absolute atomic E-state index is 5.25. The smallest absolute Gasteiger partial charge is 0.122 e. The highest BCUT2D eigenvalue weighted by Gasteiger charge is 2.12. The van der Waals surface area contributed by atoms with Crippen LogP contribution < -0.4 is 15.4 Å². The highest BCUT2D eigenvalue weighted by atomic mass is 79.9. The van der Waals surface area contributed by atoms with Gasteiger partial charge in [-0.05, 0) is 44.0 Å². The van der Waals surface area contributed by atoms with Crippen LogP contribution in [0.2, 0.25) is 0 Å². The van der Waals surface area contributed by atoms with Crippen molar-refractivity contribution in [3.05, 3.63) is 22.7 Å². The molecule has 2 rings (SSSR count). The molecule has 0 saturated carbocycles. The minimum Gasteiger partial charge on any atom is -0.497 e. The lowest BCUT2D eigenvalue weighted by atomic mass is 10.00. The summed E-state index contributed by atoms with van der Waals surface area (Å²) < 4.78 is 6.29. The summed E-state index contributed by atoms with van der Waals surface area (Å²) in [4.78, 5) is 0. The Morgan fingerprint density at radius 1 is 1.47 bits per heavy atom. The molecule has 1 aliphatic rings. The van der Waals surface area contributed by atoms with Gasteiger partial charge in [0.25, 0.3) is 0 Å². The molecule has 0 radical (unpaired) electrons. The summed E-state index contributed by atoms with van der Waals surface area (Å²) in [7, 11) is 1.69. The Bertz CT molecular complexity index is 364. The average molecular weight is 299 g/mol. The van der Waals surface area contributed by atoms with Gasteiger partial charge in [-0.3, -0.25) is 0 Å². The minimum atomic E-state index is 0.730. The van der Waals surface area contributed by atoms with E-state index in [-0.39, 0.29) is 0 Å². The number of benzene rings is 1. The molecule has 0 bridgehead atoms. The van der Waals surface area contributed by atoms with Crippen LogP contribution in [-0.2, 0) is 0 Å². The number of hydrogen-bond donors (Lipinski definition) is 2. The fourth-order valence-electron chi connectivity index (χ4n) is 2.14. The first kappa shape index (κ1) is 12.7. The van der Waals surface area contributed by atoms with Crippen LogP contribution in [0.1, 0.15) is 12.8 Å². The maximum atomic E-state index is 5.25. The number of ether oxygens (including phenoxy) is 1. The predicted octanol–water partition coefficient (Wildman–Crippen LogP) is 2.87. The molecule has 0 amide bonds. The van der Waals surface area contributed by atoms with E-state index in [1.54, 1.807) is 7.11 Å². The Hall–Kier alpha value is -0.740. The van der Waals surface area contributed by atoms with Crippen molar-refractivity contribution in [1.29, 1.82) is 0 Å². The SMILES string of the molecule is COc1cc(Br)cc(NCC2CCCNC2)c1. The predicted molar refractivity (Wildman–Crippen MR) is 74.8 cm³/mol. The van der Waals surface area contributed by atoms with Gasteiger partial charge in [0, 0.05) is 22.8 Å². The van der Waals surface area contributed by atoms with Crippen LogP contribution in [0.4, 0.5) is 5.69 Å². The maximum Gasteiger partial charge on any atom is 0.122 e. The molecule has 1 saturated heterocycles. The number of nitrogens with one attached hydrogen (secondary N) is 2. The summed E-state index contributed by atoms with van der Waals surface area (Å²) in [6.07, 6.45) is 2.60. The standard InChI is InChI=1S/C13H19BrN2O/c1-17-13-6-11(14)5-12(7-13)16-9-10-3-2-4-15-8-10/h5-7,10,15-16H,2-4,8-9H2,1H3. The molecule has 1 aliphatic heterocycles. The fraction of sp³-hybridized carbons (Fsp3) is 0.538. The monoisotopic (exact) mass is 298 g/mol. The van der Waals surface area contributed by atoms with Gasteiger partial charge in [0.2, 0.25) is 0 Å². The van der Waals surface area contributed by atoms with Crippen LogP contribution in [0.5, 0.6) is 5.75 Å². The molecule has 17 heavy (non-hydrogen) atoms. The van der Waals surface area contributed by atoms with Crippen molar-refractivity contribution in [3.63, 3.8) is 0 Å². The number of anilines is 1. The summed E-state index contributed by atoms with van der Waals surface area (Å²) in [6, 6.07) is 6.08. The van der Waals surface area contributed by atoms with E-state index in [9.17, 15) is 0 Å². The van der Waals surface area contributed by atoms with Crippen molar-refractivity contribution in [1.82, 2.24) is 5.32 Å². The first-order chi connectivity index (χ1) is 8.28. The Morgan fingerprint density at radius 3 is 3.06 bits per heavy atom. The van der Waals surface area contributed by atoms with Crippen molar-refractivity contribution in [2.45, 2.75) is 12.8 Å². The van der Waals surface area contributed by atoms with Crippen LogP contribution in [0.3, 0.4) is 0 Å². The van der Waals surface area contributed by atoms with Crippen molar-refractivity contribution in [2.24, 2.45) is 5.92 Å². The van der Waals surface area contributed by atoms with Crippen molar-refractivity contribution < 1.29 is 4.74 Å². The van der Waals surface area contributed by atoms with E-state index in [2.05, 4.69) is 32.6 Å². The lowest BCUT2D eigenvalue weighted by Gasteiger charge is -2.23. The van der Waals surface area contributed by atoms with Crippen molar-refractivity contribution in [2.75, 3.05) is 32.1 Å². The molecule has 4 heteroatoms. The minimum absolute atomic E-state index is 0.730. The first-order valence-corrected chi connectivity index (χ1v) is 6.86. The van der Waals surface area contributed by atoms with E-state index in [0.717, 1.165) is 34.9 Å². The van der Waals surface area contributed by atoms with Gasteiger partial charge >= 0.3 is 0 Å². The lowest BCUT2D eigenvalue weighted by molar-refractivity contribution is 0.392. The molecule has 2 N–H and O–H groups in total. The molecule has 1 aromatic rings. The number of rotatable bonds is 4. The second-order valence-electron chi connectivity index (χ2n) is 4.47. The van der Waals surface area contributed by atoms with E-state index in [1.807, 2.05) is 12.1 Å². The van der Waals surface area contributed by atoms with Gasteiger partial charge in [-0.15, -0.1) is 0 Å². The van der Waals surface area contributed by atoms with Crippen molar-refractivity contribution in [3.8, 4) is 5.75 Å².